The summed E-state index contributed by atoms with van der Waals surface area (Å²) in [5.74, 6) is 0.991. The normalized spacial score (nSPS) is 12.5. The van der Waals surface area contributed by atoms with Gasteiger partial charge >= 0.3 is 0 Å². The molecular weight excluding hydrogens is 260 g/mol. The van der Waals surface area contributed by atoms with Crippen LogP contribution in [0.15, 0.2) is 29.3 Å². The lowest BCUT2D eigenvalue weighted by molar-refractivity contribution is 0.241. The van der Waals surface area contributed by atoms with Crippen LogP contribution in [0.4, 0.5) is 5.69 Å². The summed E-state index contributed by atoms with van der Waals surface area (Å²) in [6.45, 7) is 13.6. The molecule has 0 saturated heterocycles. The summed E-state index contributed by atoms with van der Waals surface area (Å²) >= 11 is 0. The molecule has 0 atom stereocenters. The molecule has 21 heavy (non-hydrogen) atoms. The highest BCUT2D eigenvalue weighted by Gasteiger charge is 2.05. The van der Waals surface area contributed by atoms with Crippen molar-refractivity contribution < 1.29 is 0 Å². The molecule has 4 nitrogen and oxygen atoms in total. The first kappa shape index (κ1) is 17.5. The Balaban J connectivity index is 2.54. The summed E-state index contributed by atoms with van der Waals surface area (Å²) in [4.78, 5) is 6.78. The maximum absolute atomic E-state index is 5.96. The zero-order chi connectivity index (χ0) is 15.8. The van der Waals surface area contributed by atoms with E-state index in [2.05, 4.69) is 62.0 Å². The number of benzene rings is 1. The Morgan fingerprint density at radius 3 is 2.57 bits per heavy atom. The van der Waals surface area contributed by atoms with Gasteiger partial charge < -0.3 is 11.1 Å². The molecule has 1 aromatic carbocycles. The molecular formula is C17H30N4. The minimum absolute atomic E-state index is 0.482. The Hall–Kier alpha value is -1.55. The number of anilines is 1. The standard InChI is InChI=1S/C17H30N4/c1-6-21(14(4)5)11-10-19-17(18)20-16-9-7-8-15(12-16)13(2)3/h7-9,12-14H,6,10-11H2,1-5H3,(H3,18,19,20). The van der Waals surface area contributed by atoms with E-state index in [0.717, 1.165) is 18.8 Å². The van der Waals surface area contributed by atoms with E-state index in [1.54, 1.807) is 0 Å². The lowest BCUT2D eigenvalue weighted by atomic mass is 10.0. The largest absolute Gasteiger partial charge is 0.370 e. The fourth-order valence-corrected chi connectivity index (χ4v) is 2.24. The van der Waals surface area contributed by atoms with Gasteiger partial charge in [0.2, 0.25) is 0 Å². The van der Waals surface area contributed by atoms with E-state index in [-0.39, 0.29) is 0 Å². The van der Waals surface area contributed by atoms with Gasteiger partial charge in [-0.1, -0.05) is 32.9 Å². The molecule has 0 aliphatic carbocycles. The fraction of sp³-hybridized carbons (Fsp3) is 0.588. The average molecular weight is 290 g/mol. The summed E-state index contributed by atoms with van der Waals surface area (Å²) < 4.78 is 0. The SMILES string of the molecule is CCN(CCN=C(N)Nc1cccc(C(C)C)c1)C(C)C. The Bertz CT molecular complexity index is 452. The minimum atomic E-state index is 0.482. The Kier molecular flexibility index (Phi) is 7.23. The number of nitrogens with zero attached hydrogens (tertiary/aromatic N) is 2. The first-order chi connectivity index (χ1) is 9.93. The number of hydrogen-bond acceptors (Lipinski definition) is 2. The van der Waals surface area contributed by atoms with Gasteiger partial charge in [-0.25, -0.2) is 0 Å². The molecule has 0 aromatic heterocycles. The van der Waals surface area contributed by atoms with Crippen LogP contribution in [-0.2, 0) is 0 Å². The first-order valence-electron chi connectivity index (χ1n) is 7.85. The lowest BCUT2D eigenvalue weighted by Gasteiger charge is -2.23. The Morgan fingerprint density at radius 2 is 2.00 bits per heavy atom. The van der Waals surface area contributed by atoms with Crippen LogP contribution in [0.2, 0.25) is 0 Å². The lowest BCUT2D eigenvalue weighted by Crippen LogP contribution is -2.33. The molecule has 0 unspecified atom stereocenters. The smallest absolute Gasteiger partial charge is 0.193 e. The van der Waals surface area contributed by atoms with Crippen LogP contribution in [0.25, 0.3) is 0 Å². The van der Waals surface area contributed by atoms with Gasteiger partial charge in [-0.2, -0.15) is 0 Å². The molecule has 0 radical (unpaired) electrons. The van der Waals surface area contributed by atoms with Crippen LogP contribution in [0.5, 0.6) is 0 Å². The first-order valence-corrected chi connectivity index (χ1v) is 7.85. The molecule has 4 heteroatoms. The van der Waals surface area contributed by atoms with Gasteiger partial charge in [-0.3, -0.25) is 9.89 Å². The van der Waals surface area contributed by atoms with E-state index in [0.29, 0.717) is 24.5 Å². The summed E-state index contributed by atoms with van der Waals surface area (Å²) in [6.07, 6.45) is 0. The topological polar surface area (TPSA) is 53.6 Å². The van der Waals surface area contributed by atoms with Crippen molar-refractivity contribution in [1.29, 1.82) is 0 Å². The van der Waals surface area contributed by atoms with E-state index in [1.165, 1.54) is 5.56 Å². The molecule has 0 amide bonds. The Morgan fingerprint density at radius 1 is 1.29 bits per heavy atom. The second-order valence-corrected chi connectivity index (χ2v) is 5.89. The van der Waals surface area contributed by atoms with E-state index >= 15 is 0 Å². The van der Waals surface area contributed by atoms with Gasteiger partial charge in [0.15, 0.2) is 5.96 Å². The third-order valence-corrected chi connectivity index (χ3v) is 3.63. The average Bonchev–Trinajstić information content (AvgIpc) is 2.43. The number of aliphatic imine (C=N–C) groups is 1. The maximum Gasteiger partial charge on any atom is 0.193 e. The van der Waals surface area contributed by atoms with Crippen LogP contribution in [0.1, 0.15) is 46.1 Å². The van der Waals surface area contributed by atoms with Crippen LogP contribution < -0.4 is 11.1 Å². The minimum Gasteiger partial charge on any atom is -0.370 e. The van der Waals surface area contributed by atoms with Crippen molar-refractivity contribution in [1.82, 2.24) is 4.90 Å². The van der Waals surface area contributed by atoms with Crippen LogP contribution in [0, 0.1) is 0 Å². The number of rotatable bonds is 7. The van der Waals surface area contributed by atoms with E-state index in [9.17, 15) is 0 Å². The molecule has 0 saturated carbocycles. The molecule has 0 aliphatic rings. The van der Waals surface area contributed by atoms with Gasteiger partial charge in [-0.05, 0) is 44.0 Å². The molecule has 0 fully saturated rings. The number of guanidine groups is 1. The van der Waals surface area contributed by atoms with Crippen molar-refractivity contribution in [3.8, 4) is 0 Å². The van der Waals surface area contributed by atoms with E-state index in [4.69, 9.17) is 5.73 Å². The summed E-state index contributed by atoms with van der Waals surface area (Å²) in [6, 6.07) is 8.86. The molecule has 3 N–H and O–H groups in total. The zero-order valence-electron chi connectivity index (χ0n) is 14.1. The Labute approximate surface area is 129 Å². The van der Waals surface area contributed by atoms with Crippen molar-refractivity contribution in [3.63, 3.8) is 0 Å². The summed E-state index contributed by atoms with van der Waals surface area (Å²) in [5, 5.41) is 3.17. The molecule has 0 aliphatic heterocycles. The number of hydrogen-bond donors (Lipinski definition) is 2. The second kappa shape index (κ2) is 8.67. The van der Waals surface area contributed by atoms with Crippen molar-refractivity contribution in [3.05, 3.63) is 29.8 Å². The van der Waals surface area contributed by atoms with E-state index < -0.39 is 0 Å². The highest BCUT2D eigenvalue weighted by molar-refractivity contribution is 5.92. The highest BCUT2D eigenvalue weighted by atomic mass is 15.2. The summed E-state index contributed by atoms with van der Waals surface area (Å²) in [5.41, 5.74) is 8.25. The van der Waals surface area contributed by atoms with Gasteiger partial charge in [0, 0.05) is 18.3 Å². The highest BCUT2D eigenvalue weighted by Crippen LogP contribution is 2.18. The van der Waals surface area contributed by atoms with Crippen LogP contribution in [-0.4, -0.2) is 36.5 Å². The van der Waals surface area contributed by atoms with Gasteiger partial charge in [-0.15, -0.1) is 0 Å². The van der Waals surface area contributed by atoms with Crippen LogP contribution in [0.3, 0.4) is 0 Å². The number of likely N-dealkylation sites (N-methyl/N-ethyl adjacent to an activating group) is 1. The van der Waals surface area contributed by atoms with Crippen LogP contribution >= 0.6 is 0 Å². The van der Waals surface area contributed by atoms with E-state index in [1.807, 2.05) is 12.1 Å². The van der Waals surface area contributed by atoms with Gasteiger partial charge in [0.25, 0.3) is 0 Å². The molecule has 1 rings (SSSR count). The monoisotopic (exact) mass is 290 g/mol. The van der Waals surface area contributed by atoms with Gasteiger partial charge in [0.05, 0.1) is 6.54 Å². The molecule has 0 spiro atoms. The van der Waals surface area contributed by atoms with Crippen molar-refractivity contribution in [2.45, 2.75) is 46.6 Å². The molecule has 118 valence electrons. The predicted octanol–water partition coefficient (Wildman–Crippen LogP) is 3.27. The number of nitrogens with one attached hydrogen (secondary N) is 1. The fourth-order valence-electron chi connectivity index (χ4n) is 2.24. The molecule has 1 aromatic rings. The second-order valence-electron chi connectivity index (χ2n) is 5.89. The molecule has 0 heterocycles. The third-order valence-electron chi connectivity index (χ3n) is 3.63. The third kappa shape index (κ3) is 6.17. The van der Waals surface area contributed by atoms with Crippen molar-refractivity contribution >= 4 is 11.6 Å². The summed E-state index contributed by atoms with van der Waals surface area (Å²) in [7, 11) is 0. The quantitative estimate of drug-likeness (QED) is 0.598. The van der Waals surface area contributed by atoms with Gasteiger partial charge in [0.1, 0.15) is 0 Å². The van der Waals surface area contributed by atoms with Crippen molar-refractivity contribution in [2.75, 3.05) is 25.0 Å². The molecule has 0 bridgehead atoms. The predicted molar refractivity (Wildman–Crippen MR) is 93.0 cm³/mol. The maximum atomic E-state index is 5.96. The number of nitrogens with two attached hydrogens (primary N) is 1. The zero-order valence-corrected chi connectivity index (χ0v) is 14.1. The van der Waals surface area contributed by atoms with Crippen molar-refractivity contribution in [2.24, 2.45) is 10.7 Å².